The van der Waals surface area contributed by atoms with Crippen molar-refractivity contribution < 1.29 is 4.79 Å². The summed E-state index contributed by atoms with van der Waals surface area (Å²) in [6.45, 7) is 8.79. The minimum atomic E-state index is -0.266. The van der Waals surface area contributed by atoms with Gasteiger partial charge in [-0.3, -0.25) is 4.79 Å². The van der Waals surface area contributed by atoms with Gasteiger partial charge in [0, 0.05) is 18.2 Å². The van der Waals surface area contributed by atoms with E-state index in [9.17, 15) is 4.79 Å². The van der Waals surface area contributed by atoms with Gasteiger partial charge < -0.3 is 10.6 Å². The van der Waals surface area contributed by atoms with Gasteiger partial charge >= 0.3 is 0 Å². The molecule has 5 nitrogen and oxygen atoms in total. The fraction of sp³-hybridized carbons (Fsp3) is 0.615. The first-order chi connectivity index (χ1) is 8.42. The van der Waals surface area contributed by atoms with E-state index < -0.39 is 0 Å². The van der Waals surface area contributed by atoms with E-state index in [0.717, 1.165) is 19.4 Å². The summed E-state index contributed by atoms with van der Waals surface area (Å²) >= 11 is 0. The lowest BCUT2D eigenvalue weighted by atomic mass is 10.1. The van der Waals surface area contributed by atoms with E-state index in [1.54, 1.807) is 6.07 Å². The monoisotopic (exact) mass is 250 g/mol. The van der Waals surface area contributed by atoms with Crippen molar-refractivity contribution in [1.29, 1.82) is 0 Å². The maximum atomic E-state index is 11.9. The molecule has 100 valence electrons. The second-order valence-electron chi connectivity index (χ2n) is 5.27. The Morgan fingerprint density at radius 1 is 1.33 bits per heavy atom. The molecule has 0 aliphatic rings. The van der Waals surface area contributed by atoms with Gasteiger partial charge in [0.15, 0.2) is 0 Å². The van der Waals surface area contributed by atoms with Crippen molar-refractivity contribution in [2.75, 3.05) is 11.9 Å². The molecule has 5 heteroatoms. The lowest BCUT2D eigenvalue weighted by molar-refractivity contribution is 0.0914. The number of amides is 1. The van der Waals surface area contributed by atoms with Crippen LogP contribution in [0.25, 0.3) is 0 Å². The number of carbonyl (C=O) groups is 1. The van der Waals surface area contributed by atoms with E-state index in [1.807, 2.05) is 20.8 Å². The van der Waals surface area contributed by atoms with Gasteiger partial charge in [0.2, 0.25) is 0 Å². The lowest BCUT2D eigenvalue weighted by Crippen LogP contribution is -2.41. The average Bonchev–Trinajstić information content (AvgIpc) is 2.27. The molecule has 0 unspecified atom stereocenters. The van der Waals surface area contributed by atoms with Gasteiger partial charge in [-0.2, -0.15) is 0 Å². The SMILES string of the molecule is CCCCNc1cc(C(=O)NC(C)(C)C)ncn1. The number of carbonyl (C=O) groups excluding carboxylic acids is 1. The number of anilines is 1. The molecular weight excluding hydrogens is 228 g/mol. The van der Waals surface area contributed by atoms with Gasteiger partial charge in [-0.1, -0.05) is 13.3 Å². The molecular formula is C13H22N4O. The Bertz CT molecular complexity index is 398. The predicted octanol–water partition coefficient (Wildman–Crippen LogP) is 2.22. The van der Waals surface area contributed by atoms with Crippen LogP contribution >= 0.6 is 0 Å². The highest BCUT2D eigenvalue weighted by molar-refractivity contribution is 5.93. The van der Waals surface area contributed by atoms with Crippen LogP contribution in [0.5, 0.6) is 0 Å². The molecule has 0 atom stereocenters. The van der Waals surface area contributed by atoms with Crippen LogP contribution in [-0.4, -0.2) is 28.0 Å². The Morgan fingerprint density at radius 3 is 2.67 bits per heavy atom. The Labute approximate surface area is 108 Å². The van der Waals surface area contributed by atoms with Gasteiger partial charge in [-0.15, -0.1) is 0 Å². The van der Waals surface area contributed by atoms with Crippen LogP contribution in [0.1, 0.15) is 51.0 Å². The van der Waals surface area contributed by atoms with Crippen LogP contribution in [0.3, 0.4) is 0 Å². The van der Waals surface area contributed by atoms with E-state index in [1.165, 1.54) is 6.33 Å². The maximum Gasteiger partial charge on any atom is 0.270 e. The standard InChI is InChI=1S/C13H22N4O/c1-5-6-7-14-11-8-10(15-9-16-11)12(18)17-13(2,3)4/h8-9H,5-7H2,1-4H3,(H,17,18)(H,14,15,16). The topological polar surface area (TPSA) is 66.9 Å². The van der Waals surface area contributed by atoms with Gasteiger partial charge in [0.05, 0.1) is 0 Å². The second-order valence-corrected chi connectivity index (χ2v) is 5.27. The van der Waals surface area contributed by atoms with Crippen molar-refractivity contribution in [3.8, 4) is 0 Å². The second kappa shape index (κ2) is 6.33. The van der Waals surface area contributed by atoms with Crippen molar-refractivity contribution in [1.82, 2.24) is 15.3 Å². The molecule has 18 heavy (non-hydrogen) atoms. The van der Waals surface area contributed by atoms with Crippen molar-refractivity contribution in [3.63, 3.8) is 0 Å². The maximum absolute atomic E-state index is 11.9. The van der Waals surface area contributed by atoms with Crippen LogP contribution in [0.4, 0.5) is 5.82 Å². The van der Waals surface area contributed by atoms with Crippen LogP contribution in [-0.2, 0) is 0 Å². The Kier molecular flexibility index (Phi) is 5.07. The predicted molar refractivity (Wildman–Crippen MR) is 72.6 cm³/mol. The minimum Gasteiger partial charge on any atom is -0.370 e. The molecule has 0 aliphatic carbocycles. The zero-order chi connectivity index (χ0) is 13.6. The number of nitrogens with zero attached hydrogens (tertiary/aromatic N) is 2. The molecule has 0 aliphatic heterocycles. The molecule has 1 aromatic rings. The van der Waals surface area contributed by atoms with Crippen molar-refractivity contribution >= 4 is 11.7 Å². The van der Waals surface area contributed by atoms with Gasteiger partial charge in [0.25, 0.3) is 5.91 Å². The largest absolute Gasteiger partial charge is 0.370 e. The molecule has 0 aromatic carbocycles. The van der Waals surface area contributed by atoms with E-state index in [2.05, 4.69) is 27.5 Å². The third-order valence-electron chi connectivity index (χ3n) is 2.22. The zero-order valence-electron chi connectivity index (χ0n) is 11.6. The van der Waals surface area contributed by atoms with E-state index in [4.69, 9.17) is 0 Å². The quantitative estimate of drug-likeness (QED) is 0.786. The van der Waals surface area contributed by atoms with Crippen LogP contribution < -0.4 is 10.6 Å². The van der Waals surface area contributed by atoms with Gasteiger partial charge in [-0.05, 0) is 27.2 Å². The van der Waals surface area contributed by atoms with E-state index >= 15 is 0 Å². The summed E-state index contributed by atoms with van der Waals surface area (Å²) in [5.41, 5.74) is 0.122. The van der Waals surface area contributed by atoms with Gasteiger partial charge in [-0.25, -0.2) is 9.97 Å². The molecule has 1 rings (SSSR count). The van der Waals surface area contributed by atoms with Crippen molar-refractivity contribution in [2.45, 2.75) is 46.1 Å². The summed E-state index contributed by atoms with van der Waals surface area (Å²) < 4.78 is 0. The number of hydrogen-bond acceptors (Lipinski definition) is 4. The molecule has 2 N–H and O–H groups in total. The number of rotatable bonds is 5. The first-order valence-electron chi connectivity index (χ1n) is 6.31. The summed E-state index contributed by atoms with van der Waals surface area (Å²) in [6, 6.07) is 1.68. The van der Waals surface area contributed by atoms with Crippen LogP contribution in [0, 0.1) is 0 Å². The summed E-state index contributed by atoms with van der Waals surface area (Å²) in [4.78, 5) is 20.0. The Morgan fingerprint density at radius 2 is 2.06 bits per heavy atom. The summed E-state index contributed by atoms with van der Waals surface area (Å²) in [5.74, 6) is 0.515. The number of aromatic nitrogens is 2. The highest BCUT2D eigenvalue weighted by Gasteiger charge is 2.16. The molecule has 1 amide bonds. The normalized spacial score (nSPS) is 11.1. The molecule has 0 radical (unpaired) electrons. The smallest absolute Gasteiger partial charge is 0.270 e. The molecule has 0 fully saturated rings. The molecule has 0 saturated carbocycles. The fourth-order valence-electron chi connectivity index (χ4n) is 1.38. The summed E-state index contributed by atoms with van der Waals surface area (Å²) in [7, 11) is 0. The average molecular weight is 250 g/mol. The first-order valence-corrected chi connectivity index (χ1v) is 6.31. The van der Waals surface area contributed by atoms with Crippen molar-refractivity contribution in [2.24, 2.45) is 0 Å². The van der Waals surface area contributed by atoms with Gasteiger partial charge in [0.1, 0.15) is 17.8 Å². The zero-order valence-corrected chi connectivity index (χ0v) is 11.6. The molecule has 0 saturated heterocycles. The highest BCUT2D eigenvalue weighted by Crippen LogP contribution is 2.07. The third kappa shape index (κ3) is 5.12. The summed E-state index contributed by atoms with van der Waals surface area (Å²) in [5, 5.41) is 6.05. The number of nitrogens with one attached hydrogen (secondary N) is 2. The fourth-order valence-corrected chi connectivity index (χ4v) is 1.38. The number of unbranched alkanes of at least 4 members (excludes halogenated alkanes) is 1. The summed E-state index contributed by atoms with van der Waals surface area (Å²) in [6.07, 6.45) is 3.61. The molecule has 0 spiro atoms. The highest BCUT2D eigenvalue weighted by atomic mass is 16.2. The van der Waals surface area contributed by atoms with Crippen LogP contribution in [0.2, 0.25) is 0 Å². The van der Waals surface area contributed by atoms with Crippen LogP contribution in [0.15, 0.2) is 12.4 Å². The Hall–Kier alpha value is -1.65. The molecule has 0 bridgehead atoms. The number of hydrogen-bond donors (Lipinski definition) is 2. The molecule has 1 heterocycles. The molecule has 1 aromatic heterocycles. The third-order valence-corrected chi connectivity index (χ3v) is 2.22. The Balaban J connectivity index is 2.66. The van der Waals surface area contributed by atoms with E-state index in [0.29, 0.717) is 11.5 Å². The minimum absolute atomic E-state index is 0.177. The van der Waals surface area contributed by atoms with Crippen molar-refractivity contribution in [3.05, 3.63) is 18.1 Å². The lowest BCUT2D eigenvalue weighted by Gasteiger charge is -2.20. The first kappa shape index (κ1) is 14.4. The van der Waals surface area contributed by atoms with E-state index in [-0.39, 0.29) is 11.4 Å².